The highest BCUT2D eigenvalue weighted by molar-refractivity contribution is 5.94. The highest BCUT2D eigenvalue weighted by Crippen LogP contribution is 2.30. The number of carbonyl (C=O) groups is 2. The van der Waals surface area contributed by atoms with Crippen LogP contribution >= 0.6 is 0 Å². The largest absolute Gasteiger partial charge is 0.335 e. The van der Waals surface area contributed by atoms with E-state index in [4.69, 9.17) is 0 Å². The van der Waals surface area contributed by atoms with Crippen molar-refractivity contribution < 1.29 is 9.59 Å². The minimum Gasteiger partial charge on any atom is -0.335 e. The van der Waals surface area contributed by atoms with Crippen LogP contribution in [0.1, 0.15) is 52.1 Å². The zero-order valence-electron chi connectivity index (χ0n) is 14.3. The third kappa shape index (κ3) is 5.27. The van der Waals surface area contributed by atoms with Crippen LogP contribution in [0, 0.1) is 11.8 Å². The van der Waals surface area contributed by atoms with Gasteiger partial charge in [0.05, 0.1) is 6.04 Å². The summed E-state index contributed by atoms with van der Waals surface area (Å²) in [5.74, 6) is 0.693. The van der Waals surface area contributed by atoms with Crippen LogP contribution in [-0.2, 0) is 4.79 Å². The molecule has 1 aliphatic carbocycles. The van der Waals surface area contributed by atoms with E-state index < -0.39 is 0 Å². The van der Waals surface area contributed by atoms with E-state index in [1.165, 1.54) is 0 Å². The van der Waals surface area contributed by atoms with Crippen molar-refractivity contribution in [2.24, 2.45) is 11.8 Å². The Morgan fingerprint density at radius 1 is 1.00 bits per heavy atom. The average Bonchev–Trinajstić information content (AvgIpc) is 3.32. The second-order valence-corrected chi connectivity index (χ2v) is 6.76. The van der Waals surface area contributed by atoms with E-state index in [1.807, 2.05) is 38.1 Å². The molecule has 126 valence electrons. The molecule has 5 nitrogen and oxygen atoms in total. The molecule has 2 rings (SSSR count). The topological polar surface area (TPSA) is 70.2 Å². The van der Waals surface area contributed by atoms with Gasteiger partial charge in [0.1, 0.15) is 0 Å². The number of amides is 3. The highest BCUT2D eigenvalue weighted by Gasteiger charge is 2.29. The molecule has 1 aromatic rings. The van der Waals surface area contributed by atoms with Gasteiger partial charge in [0.15, 0.2) is 0 Å². The van der Waals surface area contributed by atoms with Crippen LogP contribution < -0.4 is 16.0 Å². The molecule has 0 aliphatic heterocycles. The summed E-state index contributed by atoms with van der Waals surface area (Å²) in [6.45, 7) is 8.08. The number of carbonyl (C=O) groups excluding carboxylic acids is 2. The predicted molar refractivity (Wildman–Crippen MR) is 92.2 cm³/mol. The molecule has 0 radical (unpaired) electrons. The summed E-state index contributed by atoms with van der Waals surface area (Å²) in [6.07, 6.45) is 1.99. The van der Waals surface area contributed by atoms with E-state index in [0.717, 1.165) is 24.1 Å². The standard InChI is InChI=1S/C18H27N3O2/c1-11(2)12(3)19-18(23)20-13(4)14-7-9-16(10-8-14)21-17(22)15-5-6-15/h7-13,15H,5-6H2,1-4H3,(H,21,22)(H2,19,20,23). The van der Waals surface area contributed by atoms with Crippen molar-refractivity contribution in [1.29, 1.82) is 0 Å². The van der Waals surface area contributed by atoms with Crippen LogP contribution in [-0.4, -0.2) is 18.0 Å². The first-order valence-corrected chi connectivity index (χ1v) is 8.34. The van der Waals surface area contributed by atoms with E-state index in [9.17, 15) is 9.59 Å². The minimum absolute atomic E-state index is 0.0949. The van der Waals surface area contributed by atoms with Gasteiger partial charge in [0.2, 0.25) is 5.91 Å². The summed E-state index contributed by atoms with van der Waals surface area (Å²) in [5.41, 5.74) is 1.80. The molecule has 0 saturated heterocycles. The number of hydrogen-bond acceptors (Lipinski definition) is 2. The Hall–Kier alpha value is -2.04. The molecule has 0 heterocycles. The van der Waals surface area contributed by atoms with Crippen molar-refractivity contribution in [3.63, 3.8) is 0 Å². The van der Waals surface area contributed by atoms with E-state index in [0.29, 0.717) is 5.92 Å². The molecule has 1 aliphatic rings. The number of anilines is 1. The van der Waals surface area contributed by atoms with Crippen LogP contribution in [0.4, 0.5) is 10.5 Å². The van der Waals surface area contributed by atoms with Crippen molar-refractivity contribution in [2.75, 3.05) is 5.32 Å². The van der Waals surface area contributed by atoms with Gasteiger partial charge in [-0.05, 0) is 50.3 Å². The summed E-state index contributed by atoms with van der Waals surface area (Å²) < 4.78 is 0. The Morgan fingerprint density at radius 2 is 1.61 bits per heavy atom. The van der Waals surface area contributed by atoms with Crippen molar-refractivity contribution in [3.05, 3.63) is 29.8 Å². The molecular formula is C18H27N3O2. The Kier molecular flexibility index (Phi) is 5.64. The van der Waals surface area contributed by atoms with E-state index in [1.54, 1.807) is 0 Å². The zero-order chi connectivity index (χ0) is 17.0. The van der Waals surface area contributed by atoms with Gasteiger partial charge >= 0.3 is 6.03 Å². The zero-order valence-corrected chi connectivity index (χ0v) is 14.3. The maximum absolute atomic E-state index is 12.0. The van der Waals surface area contributed by atoms with Crippen LogP contribution in [0.2, 0.25) is 0 Å². The highest BCUT2D eigenvalue weighted by atomic mass is 16.2. The van der Waals surface area contributed by atoms with Crippen LogP contribution in [0.25, 0.3) is 0 Å². The number of hydrogen-bond donors (Lipinski definition) is 3. The number of rotatable bonds is 6. The second kappa shape index (κ2) is 7.49. The lowest BCUT2D eigenvalue weighted by atomic mass is 10.1. The molecule has 2 atom stereocenters. The smallest absolute Gasteiger partial charge is 0.315 e. The first-order valence-electron chi connectivity index (χ1n) is 8.34. The molecule has 23 heavy (non-hydrogen) atoms. The fourth-order valence-corrected chi connectivity index (χ4v) is 2.14. The Morgan fingerprint density at radius 3 is 2.13 bits per heavy atom. The van der Waals surface area contributed by atoms with Gasteiger partial charge in [0.25, 0.3) is 0 Å². The van der Waals surface area contributed by atoms with Crippen LogP contribution in [0.5, 0.6) is 0 Å². The molecule has 0 aromatic heterocycles. The maximum Gasteiger partial charge on any atom is 0.315 e. The van der Waals surface area contributed by atoms with Gasteiger partial charge in [-0.25, -0.2) is 4.79 Å². The monoisotopic (exact) mass is 317 g/mol. The summed E-state index contributed by atoms with van der Waals surface area (Å²) in [7, 11) is 0. The van der Waals surface area contributed by atoms with Crippen LogP contribution in [0.3, 0.4) is 0 Å². The van der Waals surface area contributed by atoms with Crippen molar-refractivity contribution in [1.82, 2.24) is 10.6 Å². The van der Waals surface area contributed by atoms with Gasteiger partial charge in [-0.1, -0.05) is 26.0 Å². The summed E-state index contributed by atoms with van der Waals surface area (Å²) in [4.78, 5) is 23.7. The van der Waals surface area contributed by atoms with E-state index in [-0.39, 0.29) is 29.9 Å². The molecule has 3 amide bonds. The molecule has 3 N–H and O–H groups in total. The van der Waals surface area contributed by atoms with Gasteiger partial charge in [0, 0.05) is 17.6 Å². The Balaban J connectivity index is 1.85. The second-order valence-electron chi connectivity index (χ2n) is 6.76. The Bertz CT molecular complexity index is 550. The lowest BCUT2D eigenvalue weighted by Crippen LogP contribution is -2.43. The molecule has 1 aromatic carbocycles. The minimum atomic E-state index is -0.162. The summed E-state index contributed by atoms with van der Waals surface area (Å²) in [5, 5.41) is 8.77. The summed E-state index contributed by atoms with van der Waals surface area (Å²) in [6, 6.07) is 7.48. The first kappa shape index (κ1) is 17.3. The van der Waals surface area contributed by atoms with E-state index >= 15 is 0 Å². The molecule has 5 heteroatoms. The quantitative estimate of drug-likeness (QED) is 0.752. The normalized spacial score (nSPS) is 16.6. The third-order valence-corrected chi connectivity index (χ3v) is 4.33. The number of benzene rings is 1. The number of urea groups is 1. The molecular weight excluding hydrogens is 290 g/mol. The SMILES string of the molecule is CC(NC(=O)NC(C)C(C)C)c1ccc(NC(=O)C2CC2)cc1. The first-order chi connectivity index (χ1) is 10.9. The third-order valence-electron chi connectivity index (χ3n) is 4.33. The lowest BCUT2D eigenvalue weighted by molar-refractivity contribution is -0.117. The fourth-order valence-electron chi connectivity index (χ4n) is 2.14. The van der Waals surface area contributed by atoms with Gasteiger partial charge in [-0.3, -0.25) is 4.79 Å². The predicted octanol–water partition coefficient (Wildman–Crippen LogP) is 3.44. The molecule has 0 bridgehead atoms. The van der Waals surface area contributed by atoms with Crippen molar-refractivity contribution in [3.8, 4) is 0 Å². The fraction of sp³-hybridized carbons (Fsp3) is 0.556. The number of nitrogens with one attached hydrogen (secondary N) is 3. The molecule has 1 saturated carbocycles. The van der Waals surface area contributed by atoms with Gasteiger partial charge in [-0.2, -0.15) is 0 Å². The van der Waals surface area contributed by atoms with Gasteiger partial charge in [-0.15, -0.1) is 0 Å². The Labute approximate surface area is 138 Å². The lowest BCUT2D eigenvalue weighted by Gasteiger charge is -2.20. The molecule has 1 fully saturated rings. The maximum atomic E-state index is 12.0. The van der Waals surface area contributed by atoms with Crippen molar-refractivity contribution >= 4 is 17.6 Å². The molecule has 0 spiro atoms. The van der Waals surface area contributed by atoms with Crippen molar-refractivity contribution in [2.45, 2.75) is 52.6 Å². The van der Waals surface area contributed by atoms with Crippen LogP contribution in [0.15, 0.2) is 24.3 Å². The average molecular weight is 317 g/mol. The van der Waals surface area contributed by atoms with E-state index in [2.05, 4.69) is 29.8 Å². The summed E-state index contributed by atoms with van der Waals surface area (Å²) >= 11 is 0. The molecule has 2 unspecified atom stereocenters. The van der Waals surface area contributed by atoms with Gasteiger partial charge < -0.3 is 16.0 Å².